The SMILES string of the molecule is CC(C)(C)c1cc(NC(=O)Nc2ccc(C#Cc3cn4cc(OCCCN5CCCCC5)cnc4n3)cc2)no1. The highest BCUT2D eigenvalue weighted by Gasteiger charge is 2.20. The summed E-state index contributed by atoms with van der Waals surface area (Å²) in [4.78, 5) is 23.7. The summed E-state index contributed by atoms with van der Waals surface area (Å²) in [6.45, 7) is 10.2. The van der Waals surface area contributed by atoms with E-state index in [2.05, 4.69) is 42.5 Å². The molecule has 4 heterocycles. The summed E-state index contributed by atoms with van der Waals surface area (Å²) in [6.07, 6.45) is 10.4. The Hall–Kier alpha value is -4.36. The number of nitrogens with one attached hydrogen (secondary N) is 2. The molecular formula is C30H35N7O3. The van der Waals surface area contributed by atoms with Crippen molar-refractivity contribution >= 4 is 23.3 Å². The van der Waals surface area contributed by atoms with Gasteiger partial charge in [-0.25, -0.2) is 14.8 Å². The molecule has 1 fully saturated rings. The number of rotatable bonds is 7. The average Bonchev–Trinajstić information content (AvgIpc) is 3.58. The molecule has 208 valence electrons. The quantitative estimate of drug-likeness (QED) is 0.241. The number of ether oxygens (including phenoxy) is 1. The van der Waals surface area contributed by atoms with E-state index in [4.69, 9.17) is 9.26 Å². The van der Waals surface area contributed by atoms with Crippen molar-refractivity contribution in [3.05, 3.63) is 65.9 Å². The van der Waals surface area contributed by atoms with Crippen LogP contribution in [-0.4, -0.2) is 56.7 Å². The lowest BCUT2D eigenvalue weighted by molar-refractivity contribution is 0.204. The van der Waals surface area contributed by atoms with Crippen LogP contribution in [0.3, 0.4) is 0 Å². The number of hydrogen-bond donors (Lipinski definition) is 2. The maximum absolute atomic E-state index is 12.3. The summed E-state index contributed by atoms with van der Waals surface area (Å²) in [5.41, 5.74) is 1.84. The van der Waals surface area contributed by atoms with Crippen LogP contribution < -0.4 is 15.4 Å². The molecule has 0 aliphatic carbocycles. The van der Waals surface area contributed by atoms with Gasteiger partial charge in [-0.1, -0.05) is 38.3 Å². The largest absolute Gasteiger partial charge is 0.490 e. The molecule has 10 nitrogen and oxygen atoms in total. The Bertz CT molecular complexity index is 1500. The first kappa shape index (κ1) is 27.2. The lowest BCUT2D eigenvalue weighted by Crippen LogP contribution is -2.31. The van der Waals surface area contributed by atoms with Gasteiger partial charge in [0.2, 0.25) is 5.78 Å². The van der Waals surface area contributed by atoms with Crippen molar-refractivity contribution in [2.75, 3.05) is 36.9 Å². The van der Waals surface area contributed by atoms with Crippen molar-refractivity contribution in [2.45, 2.75) is 51.9 Å². The molecule has 0 saturated carbocycles. The first-order valence-corrected chi connectivity index (χ1v) is 13.7. The van der Waals surface area contributed by atoms with Crippen molar-refractivity contribution in [1.29, 1.82) is 0 Å². The minimum absolute atomic E-state index is 0.191. The standard InChI is InChI=1S/C30H35N7O3/c1-30(2,3)26-18-27(35-40-26)34-29(38)33-23-11-8-22(9-12-23)10-13-24-20-37-21-25(19-31-28(37)32-24)39-17-7-16-36-14-5-4-6-15-36/h8-9,11-12,18-21H,4-7,14-17H2,1-3H3,(H2,33,34,35,38). The van der Waals surface area contributed by atoms with E-state index in [0.717, 1.165) is 18.5 Å². The van der Waals surface area contributed by atoms with Crippen molar-refractivity contribution in [3.8, 4) is 17.6 Å². The molecule has 1 saturated heterocycles. The lowest BCUT2D eigenvalue weighted by atomic mass is 9.93. The molecule has 40 heavy (non-hydrogen) atoms. The third kappa shape index (κ3) is 7.39. The number of hydrogen-bond acceptors (Lipinski definition) is 7. The smallest absolute Gasteiger partial charge is 0.324 e. The Labute approximate surface area is 234 Å². The van der Waals surface area contributed by atoms with Gasteiger partial charge in [0.15, 0.2) is 11.6 Å². The van der Waals surface area contributed by atoms with Gasteiger partial charge in [0.25, 0.3) is 0 Å². The monoisotopic (exact) mass is 541 g/mol. The van der Waals surface area contributed by atoms with Gasteiger partial charge in [0.1, 0.15) is 11.5 Å². The molecule has 0 unspecified atom stereocenters. The van der Waals surface area contributed by atoms with Crippen LogP contribution in [0.4, 0.5) is 16.3 Å². The Balaban J connectivity index is 1.12. The Morgan fingerprint density at radius 1 is 1.07 bits per heavy atom. The number of anilines is 2. The molecule has 2 amide bonds. The first-order chi connectivity index (χ1) is 19.3. The molecule has 2 N–H and O–H groups in total. The fourth-order valence-electron chi connectivity index (χ4n) is 4.40. The number of carbonyl (C=O) groups is 1. The summed E-state index contributed by atoms with van der Waals surface area (Å²) >= 11 is 0. The molecule has 0 bridgehead atoms. The second-order valence-corrected chi connectivity index (χ2v) is 11.0. The maximum atomic E-state index is 12.3. The molecule has 0 atom stereocenters. The van der Waals surface area contributed by atoms with Crippen molar-refractivity contribution in [3.63, 3.8) is 0 Å². The highest BCUT2D eigenvalue weighted by atomic mass is 16.5. The summed E-state index contributed by atoms with van der Waals surface area (Å²) in [6, 6.07) is 8.55. The predicted molar refractivity (Wildman–Crippen MR) is 154 cm³/mol. The van der Waals surface area contributed by atoms with Gasteiger partial charge < -0.3 is 19.5 Å². The van der Waals surface area contributed by atoms with Crippen LogP contribution in [0.2, 0.25) is 0 Å². The van der Waals surface area contributed by atoms with Crippen LogP contribution in [0.15, 0.2) is 53.4 Å². The minimum Gasteiger partial charge on any atom is -0.490 e. The van der Waals surface area contributed by atoms with Crippen LogP contribution in [-0.2, 0) is 5.41 Å². The zero-order valence-electron chi connectivity index (χ0n) is 23.2. The summed E-state index contributed by atoms with van der Waals surface area (Å²) < 4.78 is 13.0. The van der Waals surface area contributed by atoms with E-state index in [1.54, 1.807) is 24.4 Å². The Kier molecular flexibility index (Phi) is 8.31. The number of urea groups is 1. The number of piperidine rings is 1. The van der Waals surface area contributed by atoms with Gasteiger partial charge in [0.05, 0.1) is 19.0 Å². The number of likely N-dealkylation sites (tertiary alicyclic amines) is 1. The molecule has 3 aromatic heterocycles. The van der Waals surface area contributed by atoms with E-state index in [1.165, 1.54) is 32.4 Å². The predicted octanol–water partition coefficient (Wildman–Crippen LogP) is 5.31. The second-order valence-electron chi connectivity index (χ2n) is 11.0. The minimum atomic E-state index is -0.407. The average molecular weight is 542 g/mol. The number of fused-ring (bicyclic) bond motifs is 1. The Morgan fingerprint density at radius 2 is 1.88 bits per heavy atom. The van der Waals surface area contributed by atoms with Gasteiger partial charge in [-0.15, -0.1) is 0 Å². The molecule has 10 heteroatoms. The van der Waals surface area contributed by atoms with E-state index < -0.39 is 6.03 Å². The van der Waals surface area contributed by atoms with Gasteiger partial charge in [-0.05, 0) is 62.5 Å². The molecule has 1 aliphatic rings. The van der Waals surface area contributed by atoms with Gasteiger partial charge >= 0.3 is 6.03 Å². The number of aromatic nitrogens is 4. The van der Waals surface area contributed by atoms with Crippen LogP contribution in [0.5, 0.6) is 5.75 Å². The van der Waals surface area contributed by atoms with Gasteiger partial charge in [0, 0.05) is 35.5 Å². The maximum Gasteiger partial charge on any atom is 0.324 e. The van der Waals surface area contributed by atoms with E-state index in [1.807, 2.05) is 49.7 Å². The number of benzene rings is 1. The van der Waals surface area contributed by atoms with Crippen LogP contribution >= 0.6 is 0 Å². The summed E-state index contributed by atoms with van der Waals surface area (Å²) in [7, 11) is 0. The molecule has 0 radical (unpaired) electrons. The van der Waals surface area contributed by atoms with E-state index in [9.17, 15) is 4.79 Å². The van der Waals surface area contributed by atoms with E-state index in [-0.39, 0.29) is 5.41 Å². The third-order valence-electron chi connectivity index (χ3n) is 6.59. The molecule has 1 aliphatic heterocycles. The van der Waals surface area contributed by atoms with Crippen molar-refractivity contribution in [2.24, 2.45) is 0 Å². The molecular weight excluding hydrogens is 506 g/mol. The topological polar surface area (TPSA) is 110 Å². The molecule has 4 aromatic rings. The van der Waals surface area contributed by atoms with E-state index in [0.29, 0.717) is 41.1 Å². The fraction of sp³-hybridized carbons (Fsp3) is 0.400. The van der Waals surface area contributed by atoms with Gasteiger partial charge in [-0.2, -0.15) is 0 Å². The number of carbonyl (C=O) groups excluding carboxylic acids is 1. The van der Waals surface area contributed by atoms with Crippen molar-refractivity contribution in [1.82, 2.24) is 24.4 Å². The van der Waals surface area contributed by atoms with E-state index >= 15 is 0 Å². The fourth-order valence-corrected chi connectivity index (χ4v) is 4.40. The molecule has 0 spiro atoms. The highest BCUT2D eigenvalue weighted by Crippen LogP contribution is 2.24. The number of nitrogens with zero attached hydrogens (tertiary/aromatic N) is 5. The second kappa shape index (κ2) is 12.2. The van der Waals surface area contributed by atoms with Crippen molar-refractivity contribution < 1.29 is 14.1 Å². The van der Waals surface area contributed by atoms with Crippen LogP contribution in [0.25, 0.3) is 5.78 Å². The zero-order valence-corrected chi connectivity index (χ0v) is 23.2. The first-order valence-electron chi connectivity index (χ1n) is 13.7. The lowest BCUT2D eigenvalue weighted by Gasteiger charge is -2.26. The van der Waals surface area contributed by atoms with Crippen LogP contribution in [0, 0.1) is 11.8 Å². The normalized spacial score (nSPS) is 14.0. The Morgan fingerprint density at radius 3 is 2.62 bits per heavy atom. The third-order valence-corrected chi connectivity index (χ3v) is 6.59. The zero-order chi connectivity index (χ0) is 28.0. The van der Waals surface area contributed by atoms with Gasteiger partial charge in [-0.3, -0.25) is 9.72 Å². The highest BCUT2D eigenvalue weighted by molar-refractivity contribution is 5.99. The molecule has 5 rings (SSSR count). The number of imidazole rings is 1. The summed E-state index contributed by atoms with van der Waals surface area (Å²) in [5, 5.41) is 9.36. The summed E-state index contributed by atoms with van der Waals surface area (Å²) in [5.74, 6) is 8.52. The molecule has 1 aromatic carbocycles. The number of amides is 2. The van der Waals surface area contributed by atoms with Crippen LogP contribution in [0.1, 0.15) is 63.5 Å².